The van der Waals surface area contributed by atoms with Gasteiger partial charge in [0.2, 0.25) is 0 Å². The molecule has 162 valence electrons. The smallest absolute Gasteiger partial charge is 0.425 e. The molecule has 0 saturated heterocycles. The second-order valence-corrected chi connectivity index (χ2v) is 8.66. The molecule has 0 aliphatic rings. The maximum atomic E-state index is 12.8. The molecule has 0 rings (SSSR count). The van der Waals surface area contributed by atoms with E-state index in [9.17, 15) is 22.8 Å². The van der Waals surface area contributed by atoms with Crippen LogP contribution in [0, 0.1) is 5.92 Å². The lowest BCUT2D eigenvalue weighted by atomic mass is 10.1. The Kier molecular flexibility index (Phi) is 10.2. The molecule has 10 nitrogen and oxygen atoms in total. The minimum atomic E-state index is -4.50. The third-order valence-electron chi connectivity index (χ3n) is 3.10. The number of nitrogens with one attached hydrogen (secondary N) is 1. The maximum absolute atomic E-state index is 12.8. The highest BCUT2D eigenvalue weighted by Gasteiger charge is 2.36. The Bertz CT molecular complexity index is 680. The highest BCUT2D eigenvalue weighted by Crippen LogP contribution is 2.14. The van der Waals surface area contributed by atoms with Gasteiger partial charge in [-0.25, -0.2) is 9.59 Å². The quantitative estimate of drug-likeness (QED) is 0.335. The Hall–Kier alpha value is -2.14. The molecule has 0 aromatic rings. The zero-order chi connectivity index (χ0) is 22.1. The molecule has 0 unspecified atom stereocenters. The van der Waals surface area contributed by atoms with Gasteiger partial charge in [-0.1, -0.05) is 19.9 Å². The number of esters is 2. The summed E-state index contributed by atoms with van der Waals surface area (Å²) in [4.78, 5) is 35.7. The second kappa shape index (κ2) is 11.0. The van der Waals surface area contributed by atoms with Gasteiger partial charge in [0.05, 0.1) is 20.3 Å². The van der Waals surface area contributed by atoms with Crippen molar-refractivity contribution in [3.05, 3.63) is 12.2 Å². The summed E-state index contributed by atoms with van der Waals surface area (Å²) >= 11 is 0. The molecule has 0 fully saturated rings. The molecule has 0 aliphatic carbocycles. The Balaban J connectivity index is 5.70. The van der Waals surface area contributed by atoms with Crippen LogP contribution in [0.3, 0.4) is 0 Å². The zero-order valence-electron chi connectivity index (χ0n) is 17.3. The van der Waals surface area contributed by atoms with Gasteiger partial charge in [0.25, 0.3) is 0 Å². The third kappa shape index (κ3) is 9.18. The van der Waals surface area contributed by atoms with E-state index in [1.807, 2.05) is 0 Å². The first-order chi connectivity index (χ1) is 12.7. The van der Waals surface area contributed by atoms with Crippen molar-refractivity contribution in [3.8, 4) is 0 Å². The summed E-state index contributed by atoms with van der Waals surface area (Å²) in [6.07, 6.45) is 0.973. The van der Waals surface area contributed by atoms with Crippen molar-refractivity contribution < 1.29 is 37.0 Å². The second-order valence-electron chi connectivity index (χ2n) is 7.03. The topological polar surface area (TPSA) is 128 Å². The standard InChI is InChI=1S/C17H30N2O8S/c1-8-26-13(20)10-9-11-19(16(22)27-17(4,5)6)28(23,24)18-14(12(2)3)15(21)25-7/h9-10,12,14,18H,8,11H2,1-7H3/b10-9+/t14-/m1/s1. The first kappa shape index (κ1) is 25.9. The van der Waals surface area contributed by atoms with E-state index in [0.29, 0.717) is 4.31 Å². The summed E-state index contributed by atoms with van der Waals surface area (Å²) in [6.45, 7) is 9.20. The van der Waals surface area contributed by atoms with Gasteiger partial charge in [-0.2, -0.15) is 17.4 Å². The van der Waals surface area contributed by atoms with Crippen molar-refractivity contribution in [2.45, 2.75) is 53.2 Å². The lowest BCUT2D eigenvalue weighted by Crippen LogP contribution is -2.53. The van der Waals surface area contributed by atoms with Crippen molar-refractivity contribution in [2.75, 3.05) is 20.3 Å². The molecule has 1 N–H and O–H groups in total. The van der Waals surface area contributed by atoms with E-state index in [4.69, 9.17) is 9.47 Å². The van der Waals surface area contributed by atoms with E-state index in [2.05, 4.69) is 9.46 Å². The van der Waals surface area contributed by atoms with Crippen LogP contribution in [0.1, 0.15) is 41.5 Å². The summed E-state index contributed by atoms with van der Waals surface area (Å²) < 4.78 is 42.5. The van der Waals surface area contributed by atoms with Crippen LogP contribution in [0.15, 0.2) is 12.2 Å². The van der Waals surface area contributed by atoms with E-state index in [-0.39, 0.29) is 6.61 Å². The molecule has 0 aliphatic heterocycles. The number of hydrogen-bond donors (Lipinski definition) is 1. The fourth-order valence-corrected chi connectivity index (χ4v) is 3.16. The number of hydrogen-bond acceptors (Lipinski definition) is 8. The van der Waals surface area contributed by atoms with E-state index in [0.717, 1.165) is 19.3 Å². The first-order valence-electron chi connectivity index (χ1n) is 8.69. The normalized spacial score (nSPS) is 13.3. The van der Waals surface area contributed by atoms with Gasteiger partial charge >= 0.3 is 28.2 Å². The monoisotopic (exact) mass is 422 g/mol. The number of methoxy groups -OCH3 is 1. The van der Waals surface area contributed by atoms with E-state index in [1.54, 1.807) is 41.5 Å². The Morgan fingerprint density at radius 1 is 1.18 bits per heavy atom. The number of nitrogens with zero attached hydrogens (tertiary/aromatic N) is 1. The third-order valence-corrected chi connectivity index (χ3v) is 4.53. The van der Waals surface area contributed by atoms with E-state index < -0.39 is 52.3 Å². The molecular formula is C17H30N2O8S. The molecule has 28 heavy (non-hydrogen) atoms. The number of carbonyl (C=O) groups excluding carboxylic acids is 3. The molecule has 11 heteroatoms. The molecule has 0 radical (unpaired) electrons. The van der Waals surface area contributed by atoms with Crippen molar-refractivity contribution in [1.82, 2.24) is 9.03 Å². The summed E-state index contributed by atoms with van der Waals surface area (Å²) in [7, 11) is -3.37. The van der Waals surface area contributed by atoms with Crippen molar-refractivity contribution in [2.24, 2.45) is 5.92 Å². The van der Waals surface area contributed by atoms with Gasteiger partial charge in [0.1, 0.15) is 11.6 Å². The number of rotatable bonds is 9. The van der Waals surface area contributed by atoms with Crippen LogP contribution in [-0.4, -0.2) is 62.7 Å². The predicted octanol–water partition coefficient (Wildman–Crippen LogP) is 1.37. The Morgan fingerprint density at radius 3 is 2.18 bits per heavy atom. The van der Waals surface area contributed by atoms with Crippen molar-refractivity contribution in [3.63, 3.8) is 0 Å². The van der Waals surface area contributed by atoms with Gasteiger partial charge in [0, 0.05) is 6.08 Å². The molecule has 0 heterocycles. The van der Waals surface area contributed by atoms with Crippen molar-refractivity contribution in [1.29, 1.82) is 0 Å². The highest BCUT2D eigenvalue weighted by atomic mass is 32.2. The largest absolute Gasteiger partial charge is 0.468 e. The summed E-state index contributed by atoms with van der Waals surface area (Å²) in [5.41, 5.74) is -0.963. The Labute approximate surface area is 166 Å². The van der Waals surface area contributed by atoms with Gasteiger partial charge < -0.3 is 14.2 Å². The van der Waals surface area contributed by atoms with Gasteiger partial charge in [-0.05, 0) is 33.6 Å². The van der Waals surface area contributed by atoms with Crippen LogP contribution in [-0.2, 0) is 34.0 Å². The predicted molar refractivity (Wildman–Crippen MR) is 101 cm³/mol. The van der Waals surface area contributed by atoms with Gasteiger partial charge in [-0.15, -0.1) is 0 Å². The SMILES string of the molecule is CCOC(=O)/C=C/CN(C(=O)OC(C)(C)C)S(=O)(=O)N[C@@H](C(=O)OC)C(C)C. The summed E-state index contributed by atoms with van der Waals surface area (Å²) in [5, 5.41) is 0. The first-order valence-corrected chi connectivity index (χ1v) is 10.1. The number of ether oxygens (including phenoxy) is 3. The van der Waals surface area contributed by atoms with Gasteiger partial charge in [0.15, 0.2) is 0 Å². The molecule has 1 amide bonds. The average Bonchev–Trinajstić information content (AvgIpc) is 2.54. The summed E-state index contributed by atoms with van der Waals surface area (Å²) in [5.74, 6) is -1.94. The molecule has 0 saturated carbocycles. The van der Waals surface area contributed by atoms with Crippen LogP contribution in [0.25, 0.3) is 0 Å². The number of amides is 1. The van der Waals surface area contributed by atoms with E-state index in [1.165, 1.54) is 0 Å². The fourth-order valence-electron chi connectivity index (χ4n) is 1.83. The van der Waals surface area contributed by atoms with E-state index >= 15 is 0 Å². The lowest BCUT2D eigenvalue weighted by molar-refractivity contribution is -0.143. The molecule has 0 spiro atoms. The van der Waals surface area contributed by atoms with Crippen molar-refractivity contribution >= 4 is 28.2 Å². The molecular weight excluding hydrogens is 392 g/mol. The molecule has 1 atom stereocenters. The van der Waals surface area contributed by atoms with Crippen LogP contribution in [0.5, 0.6) is 0 Å². The number of carbonyl (C=O) groups is 3. The minimum absolute atomic E-state index is 0.147. The molecule has 0 aromatic carbocycles. The minimum Gasteiger partial charge on any atom is -0.468 e. The maximum Gasteiger partial charge on any atom is 0.425 e. The average molecular weight is 423 g/mol. The molecule has 0 aromatic heterocycles. The van der Waals surface area contributed by atoms with Crippen LogP contribution in [0.4, 0.5) is 4.79 Å². The van der Waals surface area contributed by atoms with Crippen LogP contribution < -0.4 is 4.72 Å². The lowest BCUT2D eigenvalue weighted by Gasteiger charge is -2.28. The Morgan fingerprint density at radius 2 is 1.75 bits per heavy atom. The highest BCUT2D eigenvalue weighted by molar-refractivity contribution is 7.87. The van der Waals surface area contributed by atoms with Gasteiger partial charge in [-0.3, -0.25) is 4.79 Å². The fraction of sp³-hybridized carbons (Fsp3) is 0.706. The zero-order valence-corrected chi connectivity index (χ0v) is 18.2. The summed E-state index contributed by atoms with van der Waals surface area (Å²) in [6, 6.07) is -1.21. The van der Waals surface area contributed by atoms with Crippen LogP contribution in [0.2, 0.25) is 0 Å². The molecule has 0 bridgehead atoms. The van der Waals surface area contributed by atoms with Crippen LogP contribution >= 0.6 is 0 Å².